The lowest BCUT2D eigenvalue weighted by molar-refractivity contribution is -0.364. The first-order valence-electron chi connectivity index (χ1n) is 20.3. The van der Waals surface area contributed by atoms with Crippen molar-refractivity contribution in [2.24, 2.45) is 0 Å². The van der Waals surface area contributed by atoms with Crippen molar-refractivity contribution in [3.8, 4) is 5.75 Å². The molecule has 310 valence electrons. The number of para-hydroxylation sites is 1. The minimum Gasteiger partial charge on any atom is -0.497 e. The Kier molecular flexibility index (Phi) is 13.3. The monoisotopic (exact) mass is 827 g/mol. The van der Waals surface area contributed by atoms with Crippen LogP contribution in [0.2, 0.25) is 16.6 Å². The van der Waals surface area contributed by atoms with Gasteiger partial charge in [-0.05, 0) is 64.5 Å². The van der Waals surface area contributed by atoms with Crippen molar-refractivity contribution in [3.63, 3.8) is 0 Å². The Hall–Kier alpha value is -3.85. The molecular formula is C46H57NO9SSi. The lowest BCUT2D eigenvalue weighted by Crippen LogP contribution is -2.66. The summed E-state index contributed by atoms with van der Waals surface area (Å²) in [6.07, 6.45) is -1.58. The van der Waals surface area contributed by atoms with E-state index in [0.717, 1.165) is 27.8 Å². The Morgan fingerprint density at radius 1 is 0.759 bits per heavy atom. The number of aromatic nitrogens is 1. The highest BCUT2D eigenvalue weighted by molar-refractivity contribution is 7.90. The Bertz CT molecular complexity index is 2170. The molecule has 1 aromatic heterocycles. The summed E-state index contributed by atoms with van der Waals surface area (Å²) in [6, 6.07) is 33.9. The van der Waals surface area contributed by atoms with Gasteiger partial charge in [0.2, 0.25) is 8.32 Å². The average molecular weight is 828 g/mol. The fourth-order valence-corrected chi connectivity index (χ4v) is 15.9. The van der Waals surface area contributed by atoms with Crippen molar-refractivity contribution >= 4 is 29.2 Å². The average Bonchev–Trinajstić information content (AvgIpc) is 3.61. The summed E-state index contributed by atoms with van der Waals surface area (Å²) < 4.78 is 75.9. The molecule has 0 amide bonds. The molecular weight excluding hydrogens is 771 g/mol. The van der Waals surface area contributed by atoms with Crippen LogP contribution in [0.15, 0.2) is 120 Å². The molecule has 2 aliphatic rings. The highest BCUT2D eigenvalue weighted by Crippen LogP contribution is 2.46. The maximum atomic E-state index is 13.9. The number of hydrogen-bond acceptors (Lipinski definition) is 9. The number of ether oxygens (including phenoxy) is 6. The molecule has 2 fully saturated rings. The number of benzene rings is 4. The largest absolute Gasteiger partial charge is 0.497 e. The molecule has 2 saturated heterocycles. The van der Waals surface area contributed by atoms with Gasteiger partial charge in [0, 0.05) is 17.1 Å². The summed E-state index contributed by atoms with van der Waals surface area (Å²) >= 11 is 0. The molecule has 4 aromatic carbocycles. The SMILES string of the molecule is COc1ccc(C2OC[C@H]3O[C@@H](OCCc4cn(S(=O)(=O)c5ccccc5)c5ccccc45)[C@H](O[Si](C(C)C)(C(C)C)C(C)C)[C@@H](OCc4ccccc4)[C@@H]3O2)cc1. The predicted molar refractivity (Wildman–Crippen MR) is 227 cm³/mol. The summed E-state index contributed by atoms with van der Waals surface area (Å²) in [4.78, 5) is 0.226. The molecule has 58 heavy (non-hydrogen) atoms. The standard InChI is InChI=1S/C46H57NO9SSi/c1-31(2)58(32(3)4,33(5)6)56-44-43(52-29-34-16-10-8-11-17-34)42-41(30-53-45(55-42)35-22-24-37(50-7)25-23-35)54-46(44)51-27-26-36-28-47(40-21-15-14-20-39(36)40)57(48,49)38-18-12-9-13-19-38/h8-25,28,31-33,41-46H,26-27,29-30H2,1-7H3/t41-,42-,43+,44-,45?,46-/m1/s1. The Balaban J connectivity index is 1.22. The maximum Gasteiger partial charge on any atom is 0.268 e. The molecule has 2 aliphatic heterocycles. The molecule has 0 aliphatic carbocycles. The molecule has 0 radical (unpaired) electrons. The zero-order valence-electron chi connectivity index (χ0n) is 34.5. The Labute approximate surface area is 344 Å². The third kappa shape index (κ3) is 8.57. The van der Waals surface area contributed by atoms with Crippen LogP contribution in [-0.4, -0.2) is 71.7 Å². The lowest BCUT2D eigenvalue weighted by Gasteiger charge is -2.53. The molecule has 0 spiro atoms. The second-order valence-electron chi connectivity index (χ2n) is 16.1. The topological polar surface area (TPSA) is 104 Å². The van der Waals surface area contributed by atoms with Gasteiger partial charge in [0.15, 0.2) is 12.6 Å². The van der Waals surface area contributed by atoms with Crippen LogP contribution in [0.3, 0.4) is 0 Å². The normalized spacial score (nSPS) is 22.8. The van der Waals surface area contributed by atoms with E-state index in [1.165, 1.54) is 3.97 Å². The molecule has 3 heterocycles. The molecule has 7 rings (SSSR count). The number of fused-ring (bicyclic) bond motifs is 2. The van der Waals surface area contributed by atoms with Crippen molar-refractivity contribution in [3.05, 3.63) is 132 Å². The van der Waals surface area contributed by atoms with E-state index in [9.17, 15) is 8.42 Å². The van der Waals surface area contributed by atoms with Gasteiger partial charge in [-0.25, -0.2) is 12.4 Å². The van der Waals surface area contributed by atoms with E-state index in [1.807, 2.05) is 66.7 Å². The van der Waals surface area contributed by atoms with Gasteiger partial charge in [0.25, 0.3) is 10.0 Å². The van der Waals surface area contributed by atoms with E-state index in [2.05, 4.69) is 53.7 Å². The highest BCUT2D eigenvalue weighted by Gasteiger charge is 2.56. The van der Waals surface area contributed by atoms with Crippen LogP contribution in [0.4, 0.5) is 0 Å². The van der Waals surface area contributed by atoms with Crippen LogP contribution in [0.5, 0.6) is 5.75 Å². The molecule has 6 atom stereocenters. The van der Waals surface area contributed by atoms with Gasteiger partial charge in [-0.2, -0.15) is 0 Å². The highest BCUT2D eigenvalue weighted by atomic mass is 32.2. The van der Waals surface area contributed by atoms with Gasteiger partial charge < -0.3 is 32.8 Å². The van der Waals surface area contributed by atoms with Gasteiger partial charge >= 0.3 is 0 Å². The summed E-state index contributed by atoms with van der Waals surface area (Å²) in [5.74, 6) is 0.746. The van der Waals surface area contributed by atoms with Gasteiger partial charge in [-0.3, -0.25) is 0 Å². The van der Waals surface area contributed by atoms with Crippen molar-refractivity contribution < 1.29 is 41.3 Å². The lowest BCUT2D eigenvalue weighted by atomic mass is 9.97. The fourth-order valence-electron chi connectivity index (χ4n) is 8.94. The third-order valence-corrected chi connectivity index (χ3v) is 19.5. The van der Waals surface area contributed by atoms with Crippen LogP contribution in [0.25, 0.3) is 10.9 Å². The molecule has 0 saturated carbocycles. The number of hydrogen-bond donors (Lipinski definition) is 0. The fraction of sp³-hybridized carbons (Fsp3) is 0.435. The predicted octanol–water partition coefficient (Wildman–Crippen LogP) is 9.43. The van der Waals surface area contributed by atoms with E-state index in [1.54, 1.807) is 43.6 Å². The number of rotatable bonds is 16. The smallest absolute Gasteiger partial charge is 0.268 e. The van der Waals surface area contributed by atoms with Crippen LogP contribution in [0.1, 0.15) is 64.5 Å². The summed E-state index contributed by atoms with van der Waals surface area (Å²) in [5, 5.41) is 0.844. The van der Waals surface area contributed by atoms with Crippen molar-refractivity contribution in [1.29, 1.82) is 0 Å². The van der Waals surface area contributed by atoms with Crippen molar-refractivity contribution in [2.45, 2.75) is 113 Å². The van der Waals surface area contributed by atoms with E-state index in [4.69, 9.17) is 32.8 Å². The second-order valence-corrected chi connectivity index (χ2v) is 23.4. The molecule has 0 bridgehead atoms. The molecule has 1 unspecified atom stereocenters. The summed E-state index contributed by atoms with van der Waals surface area (Å²) in [5.41, 5.74) is 4.18. The molecule has 12 heteroatoms. The zero-order chi connectivity index (χ0) is 41.0. The minimum atomic E-state index is -3.84. The van der Waals surface area contributed by atoms with Crippen molar-refractivity contribution in [1.82, 2.24) is 3.97 Å². The van der Waals surface area contributed by atoms with Gasteiger partial charge in [0.1, 0.15) is 30.2 Å². The van der Waals surface area contributed by atoms with Gasteiger partial charge in [-0.1, -0.05) is 120 Å². The summed E-state index contributed by atoms with van der Waals surface area (Å²) in [7, 11) is -4.75. The van der Waals surface area contributed by atoms with E-state index in [-0.39, 0.29) is 34.7 Å². The Morgan fingerprint density at radius 3 is 2.05 bits per heavy atom. The van der Waals surface area contributed by atoms with Crippen LogP contribution >= 0.6 is 0 Å². The minimum absolute atomic E-state index is 0.226. The summed E-state index contributed by atoms with van der Waals surface area (Å²) in [6.45, 7) is 14.4. The first-order chi connectivity index (χ1) is 27.9. The van der Waals surface area contributed by atoms with Crippen LogP contribution < -0.4 is 4.74 Å². The van der Waals surface area contributed by atoms with Gasteiger partial charge in [0.05, 0.1) is 37.3 Å². The molecule has 5 aromatic rings. The molecule has 0 N–H and O–H groups in total. The zero-order valence-corrected chi connectivity index (χ0v) is 36.3. The quantitative estimate of drug-likeness (QED) is 0.0901. The third-order valence-electron chi connectivity index (χ3n) is 11.7. The first kappa shape index (κ1) is 42.3. The number of nitrogens with zero attached hydrogens (tertiary/aromatic N) is 1. The maximum absolute atomic E-state index is 13.9. The van der Waals surface area contributed by atoms with Crippen molar-refractivity contribution in [2.75, 3.05) is 20.3 Å². The van der Waals surface area contributed by atoms with E-state index < -0.39 is 55.3 Å². The first-order valence-corrected chi connectivity index (χ1v) is 23.9. The van der Waals surface area contributed by atoms with Crippen LogP contribution in [-0.2, 0) is 51.2 Å². The Morgan fingerprint density at radius 2 is 1.40 bits per heavy atom. The second kappa shape index (κ2) is 18.2. The van der Waals surface area contributed by atoms with Gasteiger partial charge in [-0.15, -0.1) is 0 Å². The number of methoxy groups -OCH3 is 1. The molecule has 10 nitrogen and oxygen atoms in total. The van der Waals surface area contributed by atoms with Crippen LogP contribution in [0, 0.1) is 0 Å². The van der Waals surface area contributed by atoms with E-state index >= 15 is 0 Å². The van der Waals surface area contributed by atoms with E-state index in [0.29, 0.717) is 18.5 Å².